The second kappa shape index (κ2) is 4.07. The number of carbonyl (C=O) groups excluding carboxylic acids is 1. The van der Waals surface area contributed by atoms with Crippen molar-refractivity contribution < 1.29 is 9.21 Å². The number of thiophene rings is 1. The summed E-state index contributed by atoms with van der Waals surface area (Å²) in [7, 11) is 0. The monoisotopic (exact) mass is 204 g/mol. The van der Waals surface area contributed by atoms with Crippen LogP contribution in [0.5, 0.6) is 0 Å². The molecular formula is C11H8O2S. The fraction of sp³-hybridized carbons (Fsp3) is 0. The molecule has 0 aliphatic heterocycles. The summed E-state index contributed by atoms with van der Waals surface area (Å²) in [6, 6.07) is 7.26. The first-order chi connectivity index (χ1) is 6.86. The van der Waals surface area contributed by atoms with Gasteiger partial charge in [-0.3, -0.25) is 4.79 Å². The number of hydrogen-bond donors (Lipinski definition) is 0. The van der Waals surface area contributed by atoms with Gasteiger partial charge in [-0.05, 0) is 35.7 Å². The average Bonchev–Trinajstić information content (AvgIpc) is 2.87. The number of furan rings is 1. The number of rotatable bonds is 3. The number of carbonyl (C=O) groups is 1. The summed E-state index contributed by atoms with van der Waals surface area (Å²) in [5.74, 6) is 0.700. The third-order valence-electron chi connectivity index (χ3n) is 1.71. The summed E-state index contributed by atoms with van der Waals surface area (Å²) in [6.45, 7) is 0. The van der Waals surface area contributed by atoms with Gasteiger partial charge in [0.05, 0.1) is 11.1 Å². The Morgan fingerprint density at radius 2 is 2.29 bits per heavy atom. The van der Waals surface area contributed by atoms with Crippen LogP contribution in [-0.4, -0.2) is 5.78 Å². The SMILES string of the molecule is O=C(/C=C\c1ccco1)c1cccs1. The van der Waals surface area contributed by atoms with E-state index < -0.39 is 0 Å². The molecule has 0 bridgehead atoms. The fourth-order valence-corrected chi connectivity index (χ4v) is 1.69. The lowest BCUT2D eigenvalue weighted by Gasteiger charge is -1.86. The highest BCUT2D eigenvalue weighted by atomic mass is 32.1. The van der Waals surface area contributed by atoms with Gasteiger partial charge in [0.15, 0.2) is 5.78 Å². The van der Waals surface area contributed by atoms with Crippen molar-refractivity contribution >= 4 is 23.2 Å². The minimum atomic E-state index is 0.0106. The molecule has 2 aromatic heterocycles. The summed E-state index contributed by atoms with van der Waals surface area (Å²) < 4.78 is 5.07. The zero-order valence-electron chi connectivity index (χ0n) is 7.34. The third kappa shape index (κ3) is 2.00. The van der Waals surface area contributed by atoms with Crippen LogP contribution in [-0.2, 0) is 0 Å². The highest BCUT2D eigenvalue weighted by Crippen LogP contribution is 2.11. The Morgan fingerprint density at radius 3 is 2.93 bits per heavy atom. The number of allylic oxidation sites excluding steroid dienone is 1. The van der Waals surface area contributed by atoms with Gasteiger partial charge in [0, 0.05) is 0 Å². The van der Waals surface area contributed by atoms with Crippen LogP contribution in [0.4, 0.5) is 0 Å². The van der Waals surface area contributed by atoms with Crippen molar-refractivity contribution in [1.29, 1.82) is 0 Å². The zero-order valence-corrected chi connectivity index (χ0v) is 8.16. The molecule has 0 aromatic carbocycles. The summed E-state index contributed by atoms with van der Waals surface area (Å²) in [6.07, 6.45) is 4.77. The van der Waals surface area contributed by atoms with E-state index in [2.05, 4.69) is 0 Å². The Hall–Kier alpha value is -1.61. The maximum absolute atomic E-state index is 11.5. The van der Waals surface area contributed by atoms with Crippen LogP contribution < -0.4 is 0 Å². The first-order valence-electron chi connectivity index (χ1n) is 4.16. The van der Waals surface area contributed by atoms with E-state index >= 15 is 0 Å². The van der Waals surface area contributed by atoms with Gasteiger partial charge < -0.3 is 4.42 Å². The first kappa shape index (κ1) is 8.97. The van der Waals surface area contributed by atoms with Gasteiger partial charge in [-0.25, -0.2) is 0 Å². The van der Waals surface area contributed by atoms with Crippen molar-refractivity contribution in [2.75, 3.05) is 0 Å². The molecule has 0 atom stereocenters. The fourth-order valence-electron chi connectivity index (χ4n) is 1.04. The average molecular weight is 204 g/mol. The molecule has 0 radical (unpaired) electrons. The predicted octanol–water partition coefficient (Wildman–Crippen LogP) is 3.24. The van der Waals surface area contributed by atoms with Gasteiger partial charge in [-0.2, -0.15) is 0 Å². The standard InChI is InChI=1S/C11H8O2S/c12-10(11-4-2-8-14-11)6-5-9-3-1-7-13-9/h1-8H/b6-5-. The molecule has 2 rings (SSSR count). The Kier molecular flexibility index (Phi) is 2.60. The second-order valence-corrected chi connectivity index (χ2v) is 3.64. The van der Waals surface area contributed by atoms with E-state index in [0.717, 1.165) is 4.88 Å². The Morgan fingerprint density at radius 1 is 1.36 bits per heavy atom. The molecule has 0 amide bonds. The van der Waals surface area contributed by atoms with Crippen LogP contribution in [0, 0.1) is 0 Å². The van der Waals surface area contributed by atoms with Crippen molar-refractivity contribution in [2.45, 2.75) is 0 Å². The molecule has 70 valence electrons. The minimum Gasteiger partial charge on any atom is -0.465 e. The van der Waals surface area contributed by atoms with E-state index in [1.165, 1.54) is 17.4 Å². The largest absolute Gasteiger partial charge is 0.465 e. The van der Waals surface area contributed by atoms with E-state index in [9.17, 15) is 4.79 Å². The third-order valence-corrected chi connectivity index (χ3v) is 2.59. The number of ketones is 1. The Bertz CT molecular complexity index is 424. The van der Waals surface area contributed by atoms with E-state index in [0.29, 0.717) is 5.76 Å². The molecule has 2 aromatic rings. The van der Waals surface area contributed by atoms with Crippen LogP contribution >= 0.6 is 11.3 Å². The highest BCUT2D eigenvalue weighted by Gasteiger charge is 2.01. The first-order valence-corrected chi connectivity index (χ1v) is 5.03. The summed E-state index contributed by atoms with van der Waals surface area (Å²) >= 11 is 1.44. The molecule has 2 heterocycles. The lowest BCUT2D eigenvalue weighted by atomic mass is 10.3. The minimum absolute atomic E-state index is 0.0106. The summed E-state index contributed by atoms with van der Waals surface area (Å²) in [5, 5.41) is 1.88. The van der Waals surface area contributed by atoms with Crippen molar-refractivity contribution in [3.05, 3.63) is 52.6 Å². The molecule has 0 aliphatic carbocycles. The van der Waals surface area contributed by atoms with E-state index in [1.807, 2.05) is 11.4 Å². The molecule has 0 aliphatic rings. The quantitative estimate of drug-likeness (QED) is 0.567. The van der Waals surface area contributed by atoms with Gasteiger partial charge in [0.2, 0.25) is 0 Å². The van der Waals surface area contributed by atoms with E-state index in [1.54, 1.807) is 30.5 Å². The van der Waals surface area contributed by atoms with E-state index in [4.69, 9.17) is 4.42 Å². The second-order valence-electron chi connectivity index (χ2n) is 2.69. The normalized spacial score (nSPS) is 10.9. The molecule has 0 saturated heterocycles. The Labute approximate surface area is 85.5 Å². The maximum atomic E-state index is 11.5. The number of hydrogen-bond acceptors (Lipinski definition) is 3. The lowest BCUT2D eigenvalue weighted by Crippen LogP contribution is -1.87. The molecule has 3 heteroatoms. The van der Waals surface area contributed by atoms with Gasteiger partial charge >= 0.3 is 0 Å². The Balaban J connectivity index is 2.09. The maximum Gasteiger partial charge on any atom is 0.195 e. The molecule has 2 nitrogen and oxygen atoms in total. The van der Waals surface area contributed by atoms with Crippen LogP contribution in [0.2, 0.25) is 0 Å². The van der Waals surface area contributed by atoms with Gasteiger partial charge in [0.25, 0.3) is 0 Å². The smallest absolute Gasteiger partial charge is 0.195 e. The van der Waals surface area contributed by atoms with Crippen molar-refractivity contribution in [1.82, 2.24) is 0 Å². The van der Waals surface area contributed by atoms with Crippen molar-refractivity contribution in [3.8, 4) is 0 Å². The van der Waals surface area contributed by atoms with Crippen molar-refractivity contribution in [3.63, 3.8) is 0 Å². The van der Waals surface area contributed by atoms with E-state index in [-0.39, 0.29) is 5.78 Å². The summed E-state index contributed by atoms with van der Waals surface area (Å²) in [5.41, 5.74) is 0. The zero-order chi connectivity index (χ0) is 9.80. The van der Waals surface area contributed by atoms with Gasteiger partial charge in [-0.1, -0.05) is 6.07 Å². The predicted molar refractivity (Wildman–Crippen MR) is 56.4 cm³/mol. The summed E-state index contributed by atoms with van der Waals surface area (Å²) in [4.78, 5) is 12.2. The molecule has 14 heavy (non-hydrogen) atoms. The molecule has 0 spiro atoms. The lowest BCUT2D eigenvalue weighted by molar-refractivity contribution is 0.105. The van der Waals surface area contributed by atoms with Gasteiger partial charge in [-0.15, -0.1) is 11.3 Å². The van der Waals surface area contributed by atoms with Crippen LogP contribution in [0.3, 0.4) is 0 Å². The van der Waals surface area contributed by atoms with Gasteiger partial charge in [0.1, 0.15) is 5.76 Å². The molecule has 0 unspecified atom stereocenters. The molecule has 0 fully saturated rings. The molecular weight excluding hydrogens is 196 g/mol. The molecule has 0 saturated carbocycles. The van der Waals surface area contributed by atoms with Crippen LogP contribution in [0.1, 0.15) is 15.4 Å². The van der Waals surface area contributed by atoms with Crippen LogP contribution in [0.15, 0.2) is 46.4 Å². The molecule has 0 N–H and O–H groups in total. The van der Waals surface area contributed by atoms with Crippen molar-refractivity contribution in [2.24, 2.45) is 0 Å². The van der Waals surface area contributed by atoms with Crippen LogP contribution in [0.25, 0.3) is 6.08 Å². The topological polar surface area (TPSA) is 30.2 Å². The highest BCUT2D eigenvalue weighted by molar-refractivity contribution is 7.12.